The number of halogens is 2. The molecular formula is C36H31Cl2N3O4S. The Morgan fingerprint density at radius 1 is 0.848 bits per heavy atom. The lowest BCUT2D eigenvalue weighted by molar-refractivity contribution is 0.0968. The number of carbonyl (C=O) groups excluding carboxylic acids is 1. The first-order valence-electron chi connectivity index (χ1n) is 14.7. The Morgan fingerprint density at radius 2 is 1.57 bits per heavy atom. The first-order valence-corrected chi connectivity index (χ1v) is 16.9. The van der Waals surface area contributed by atoms with Gasteiger partial charge in [-0.25, -0.2) is 8.42 Å². The second-order valence-electron chi connectivity index (χ2n) is 10.9. The van der Waals surface area contributed by atoms with Gasteiger partial charge in [-0.05, 0) is 86.1 Å². The Kier molecular flexibility index (Phi) is 8.95. The van der Waals surface area contributed by atoms with Crippen molar-refractivity contribution in [3.8, 4) is 5.75 Å². The summed E-state index contributed by atoms with van der Waals surface area (Å²) in [7, 11) is -4.05. The van der Waals surface area contributed by atoms with Crippen molar-refractivity contribution in [2.75, 3.05) is 21.1 Å². The molecule has 0 radical (unpaired) electrons. The Morgan fingerprint density at radius 3 is 2.24 bits per heavy atom. The number of hydrogen-bond acceptors (Lipinski definition) is 5. The van der Waals surface area contributed by atoms with Crippen molar-refractivity contribution in [1.29, 1.82) is 0 Å². The minimum absolute atomic E-state index is 0.0417. The van der Waals surface area contributed by atoms with E-state index < -0.39 is 16.2 Å². The van der Waals surface area contributed by atoms with Crippen LogP contribution in [0.25, 0.3) is 0 Å². The average molecular weight is 673 g/mol. The lowest BCUT2D eigenvalue weighted by Gasteiger charge is -2.46. The predicted octanol–water partition coefficient (Wildman–Crippen LogP) is 8.87. The quantitative estimate of drug-likeness (QED) is 0.169. The highest BCUT2D eigenvalue weighted by atomic mass is 35.5. The summed E-state index contributed by atoms with van der Waals surface area (Å²) in [6, 6.07) is 34.0. The number of aryl methyl sites for hydroxylation is 1. The minimum atomic E-state index is -4.05. The van der Waals surface area contributed by atoms with E-state index in [1.165, 1.54) is 12.1 Å². The van der Waals surface area contributed by atoms with Crippen LogP contribution in [0.4, 0.5) is 17.1 Å². The molecule has 234 valence electrons. The number of amides is 1. The first kappa shape index (κ1) is 31.5. The van der Waals surface area contributed by atoms with Gasteiger partial charge in [-0.1, -0.05) is 77.3 Å². The van der Waals surface area contributed by atoms with Crippen LogP contribution in [-0.4, -0.2) is 20.9 Å². The van der Waals surface area contributed by atoms with Crippen molar-refractivity contribution in [2.24, 2.45) is 0 Å². The second-order valence-corrected chi connectivity index (χ2v) is 13.4. The average Bonchev–Trinajstić information content (AvgIpc) is 3.04. The maximum atomic E-state index is 14.6. The number of carbonyl (C=O) groups is 1. The Balaban J connectivity index is 1.50. The minimum Gasteiger partial charge on any atom is -0.494 e. The van der Waals surface area contributed by atoms with Crippen molar-refractivity contribution >= 4 is 56.2 Å². The third-order valence-electron chi connectivity index (χ3n) is 7.74. The van der Waals surface area contributed by atoms with Crippen LogP contribution in [0.1, 0.15) is 40.1 Å². The maximum absolute atomic E-state index is 14.6. The summed E-state index contributed by atoms with van der Waals surface area (Å²) in [6.07, 6.45) is -0.669. The standard InChI is InChI=1S/C36H31Cl2N3O4S/c1-3-45-29-16-12-27(13-17-29)39-46(43,44)30-18-20-34-32(22-30)36(42)41(28-14-9-24(2)10-15-28)35(31-19-11-26(37)21-33(31)38)40(34)23-25-7-5-4-6-8-25/h4-22,35,39H,3,23H2,1-2H3/t35-/m1/s1. The van der Waals surface area contributed by atoms with Gasteiger partial charge in [0.2, 0.25) is 0 Å². The number of nitrogens with one attached hydrogen (secondary N) is 1. The van der Waals surface area contributed by atoms with E-state index in [0.717, 1.165) is 11.1 Å². The van der Waals surface area contributed by atoms with Crippen LogP contribution in [0.2, 0.25) is 10.0 Å². The van der Waals surface area contributed by atoms with E-state index in [2.05, 4.69) is 9.62 Å². The van der Waals surface area contributed by atoms with Gasteiger partial charge in [-0.3, -0.25) is 14.4 Å². The molecule has 0 saturated carbocycles. The SMILES string of the molecule is CCOc1ccc(NS(=O)(=O)c2ccc3c(c2)C(=O)N(c2ccc(C)cc2)[C@H](c2ccc(Cl)cc2Cl)N3Cc2ccccc2)cc1. The van der Waals surface area contributed by atoms with Crippen LogP contribution < -0.4 is 19.3 Å². The largest absolute Gasteiger partial charge is 0.494 e. The molecule has 0 fully saturated rings. The van der Waals surface area contributed by atoms with Crippen LogP contribution in [0, 0.1) is 6.92 Å². The molecule has 1 amide bonds. The lowest BCUT2D eigenvalue weighted by Crippen LogP contribution is -2.49. The second kappa shape index (κ2) is 13.1. The third-order valence-corrected chi connectivity index (χ3v) is 9.68. The molecule has 1 aliphatic rings. The zero-order chi connectivity index (χ0) is 32.4. The highest BCUT2D eigenvalue weighted by Gasteiger charge is 2.41. The van der Waals surface area contributed by atoms with E-state index in [9.17, 15) is 13.2 Å². The lowest BCUT2D eigenvalue weighted by atomic mass is 9.98. The van der Waals surface area contributed by atoms with Crippen LogP contribution in [0.3, 0.4) is 0 Å². The summed E-state index contributed by atoms with van der Waals surface area (Å²) in [6.45, 7) is 4.76. The van der Waals surface area contributed by atoms with Crippen molar-refractivity contribution in [2.45, 2.75) is 31.5 Å². The Labute approximate surface area is 279 Å². The Bertz CT molecular complexity index is 1990. The van der Waals surface area contributed by atoms with Gasteiger partial charge in [-0.15, -0.1) is 0 Å². The van der Waals surface area contributed by atoms with E-state index >= 15 is 0 Å². The van der Waals surface area contributed by atoms with Crippen molar-refractivity contribution < 1.29 is 17.9 Å². The summed E-state index contributed by atoms with van der Waals surface area (Å²) in [5.41, 5.74) is 4.53. The van der Waals surface area contributed by atoms with Crippen molar-refractivity contribution in [1.82, 2.24) is 0 Å². The molecule has 1 atom stereocenters. The molecule has 0 aliphatic carbocycles. The molecule has 7 nitrogen and oxygen atoms in total. The number of ether oxygens (including phenoxy) is 1. The number of rotatable bonds is 9. The monoisotopic (exact) mass is 671 g/mol. The van der Waals surface area contributed by atoms with Gasteiger partial charge >= 0.3 is 0 Å². The highest BCUT2D eigenvalue weighted by Crippen LogP contribution is 2.45. The normalized spacial score (nSPS) is 14.6. The van der Waals surface area contributed by atoms with Gasteiger partial charge < -0.3 is 9.64 Å². The van der Waals surface area contributed by atoms with E-state index in [-0.39, 0.29) is 16.4 Å². The summed E-state index contributed by atoms with van der Waals surface area (Å²) < 4.78 is 35.3. The number of anilines is 3. The maximum Gasteiger partial charge on any atom is 0.262 e. The van der Waals surface area contributed by atoms with Gasteiger partial charge in [0.05, 0.1) is 22.8 Å². The summed E-state index contributed by atoms with van der Waals surface area (Å²) in [5.74, 6) is 0.271. The molecule has 46 heavy (non-hydrogen) atoms. The van der Waals surface area contributed by atoms with Crippen LogP contribution >= 0.6 is 23.2 Å². The molecule has 0 spiro atoms. The number of fused-ring (bicyclic) bond motifs is 1. The smallest absolute Gasteiger partial charge is 0.262 e. The van der Waals surface area contributed by atoms with Gasteiger partial charge in [-0.2, -0.15) is 0 Å². The molecule has 5 aromatic carbocycles. The van der Waals surface area contributed by atoms with Crippen molar-refractivity contribution in [3.05, 3.63) is 148 Å². The molecule has 10 heteroatoms. The highest BCUT2D eigenvalue weighted by molar-refractivity contribution is 7.92. The fourth-order valence-electron chi connectivity index (χ4n) is 5.55. The fourth-order valence-corrected chi connectivity index (χ4v) is 7.14. The van der Waals surface area contributed by atoms with E-state index in [1.54, 1.807) is 47.4 Å². The van der Waals surface area contributed by atoms with Gasteiger partial charge in [0.15, 0.2) is 0 Å². The zero-order valence-electron chi connectivity index (χ0n) is 25.2. The van der Waals surface area contributed by atoms with Gasteiger partial charge in [0.1, 0.15) is 11.9 Å². The zero-order valence-corrected chi connectivity index (χ0v) is 27.5. The molecule has 1 aliphatic heterocycles. The van der Waals surface area contributed by atoms with Crippen LogP contribution in [-0.2, 0) is 16.6 Å². The molecular weight excluding hydrogens is 641 g/mol. The summed E-state index contributed by atoms with van der Waals surface area (Å²) >= 11 is 13.1. The van der Waals surface area contributed by atoms with Crippen molar-refractivity contribution in [3.63, 3.8) is 0 Å². The van der Waals surface area contributed by atoms with Gasteiger partial charge in [0.25, 0.3) is 15.9 Å². The molecule has 0 unspecified atom stereocenters. The molecule has 5 aromatic rings. The molecule has 1 N–H and O–H groups in total. The summed E-state index contributed by atoms with van der Waals surface area (Å²) in [4.78, 5) is 18.3. The summed E-state index contributed by atoms with van der Waals surface area (Å²) in [5, 5.41) is 0.880. The molecule has 0 saturated heterocycles. The van der Waals surface area contributed by atoms with Gasteiger partial charge in [0, 0.05) is 33.5 Å². The first-order chi connectivity index (χ1) is 22.1. The van der Waals surface area contributed by atoms with E-state index in [0.29, 0.717) is 51.6 Å². The molecule has 1 heterocycles. The Hall–Kier alpha value is -4.50. The van der Waals surface area contributed by atoms with E-state index in [4.69, 9.17) is 27.9 Å². The van der Waals surface area contributed by atoms with Crippen LogP contribution in [0.5, 0.6) is 5.75 Å². The molecule has 0 aromatic heterocycles. The number of hydrogen-bond donors (Lipinski definition) is 1. The number of sulfonamides is 1. The van der Waals surface area contributed by atoms with Crippen LogP contribution in [0.15, 0.2) is 120 Å². The number of nitrogens with zero attached hydrogens (tertiary/aromatic N) is 2. The topological polar surface area (TPSA) is 78.9 Å². The predicted molar refractivity (Wildman–Crippen MR) is 185 cm³/mol. The van der Waals surface area contributed by atoms with E-state index in [1.807, 2.05) is 74.5 Å². The third kappa shape index (κ3) is 6.42. The number of benzene rings is 5. The molecule has 0 bridgehead atoms. The fraction of sp³-hybridized carbons (Fsp3) is 0.139. The molecule has 6 rings (SSSR count).